The first-order valence-electron chi connectivity index (χ1n) is 10.5. The number of carbonyl (C=O) groups excluding carboxylic acids is 1. The Kier molecular flexibility index (Phi) is 5.35. The second kappa shape index (κ2) is 7.98. The molecule has 160 valence electrons. The van der Waals surface area contributed by atoms with Gasteiger partial charge in [-0.1, -0.05) is 18.2 Å². The molecule has 1 amide bonds. The number of rotatable bonds is 5. The summed E-state index contributed by atoms with van der Waals surface area (Å²) < 4.78 is 3.75. The number of amides is 1. The predicted octanol–water partition coefficient (Wildman–Crippen LogP) is 4.05. The van der Waals surface area contributed by atoms with Gasteiger partial charge in [0.2, 0.25) is 0 Å². The first kappa shape index (κ1) is 20.8. The summed E-state index contributed by atoms with van der Waals surface area (Å²) in [6.07, 6.45) is 1.94. The van der Waals surface area contributed by atoms with Gasteiger partial charge in [0.05, 0.1) is 28.2 Å². The van der Waals surface area contributed by atoms with Crippen molar-refractivity contribution in [2.24, 2.45) is 7.05 Å². The largest absolute Gasteiger partial charge is 0.337 e. The van der Waals surface area contributed by atoms with E-state index in [0.717, 1.165) is 51.4 Å². The SMILES string of the molecule is CCn1nc(C)c(CN(C)C(=O)c2cc(-c3cn(C)nc3C)nc3ccccc23)c1C. The number of aromatic nitrogens is 5. The fourth-order valence-electron chi connectivity index (χ4n) is 4.13. The van der Waals surface area contributed by atoms with Crippen LogP contribution in [0.15, 0.2) is 36.5 Å². The number of para-hydroxylation sites is 1. The van der Waals surface area contributed by atoms with Crippen LogP contribution >= 0.6 is 0 Å². The summed E-state index contributed by atoms with van der Waals surface area (Å²) >= 11 is 0. The maximum absolute atomic E-state index is 13.6. The van der Waals surface area contributed by atoms with Crippen LogP contribution < -0.4 is 0 Å². The van der Waals surface area contributed by atoms with Crippen LogP contribution in [0.25, 0.3) is 22.2 Å². The van der Waals surface area contributed by atoms with Crippen molar-refractivity contribution in [3.8, 4) is 11.3 Å². The molecule has 0 bridgehead atoms. The van der Waals surface area contributed by atoms with Gasteiger partial charge in [0, 0.05) is 55.6 Å². The third-order valence-corrected chi connectivity index (χ3v) is 5.81. The van der Waals surface area contributed by atoms with E-state index in [4.69, 9.17) is 4.98 Å². The third-order valence-electron chi connectivity index (χ3n) is 5.81. The zero-order chi connectivity index (χ0) is 22.3. The predicted molar refractivity (Wildman–Crippen MR) is 122 cm³/mol. The Hall–Kier alpha value is -3.48. The highest BCUT2D eigenvalue weighted by Crippen LogP contribution is 2.28. The van der Waals surface area contributed by atoms with Crippen molar-refractivity contribution in [2.45, 2.75) is 40.8 Å². The summed E-state index contributed by atoms with van der Waals surface area (Å²) in [6.45, 7) is 9.40. The number of nitrogens with zero attached hydrogens (tertiary/aromatic N) is 6. The standard InChI is InChI=1S/C24H28N6O/c1-7-30-17(4)20(15(2)27-30)13-28(5)24(31)19-12-23(21-14-29(6)26-16(21)3)25-22-11-9-8-10-18(19)22/h8-12,14H,7,13H2,1-6H3. The van der Waals surface area contributed by atoms with Crippen molar-refractivity contribution in [1.82, 2.24) is 29.4 Å². The van der Waals surface area contributed by atoms with Crippen molar-refractivity contribution in [3.05, 3.63) is 64.7 Å². The Morgan fingerprint density at radius 1 is 1.10 bits per heavy atom. The van der Waals surface area contributed by atoms with E-state index in [1.807, 2.05) is 69.2 Å². The topological polar surface area (TPSA) is 68.8 Å². The van der Waals surface area contributed by atoms with Crippen molar-refractivity contribution in [2.75, 3.05) is 7.05 Å². The van der Waals surface area contributed by atoms with Crippen LogP contribution in [0.3, 0.4) is 0 Å². The molecule has 0 radical (unpaired) electrons. The molecule has 7 nitrogen and oxygen atoms in total. The molecule has 0 saturated heterocycles. The highest BCUT2D eigenvalue weighted by Gasteiger charge is 2.21. The molecule has 3 aromatic heterocycles. The zero-order valence-corrected chi connectivity index (χ0v) is 19.0. The van der Waals surface area contributed by atoms with Crippen LogP contribution in [0.4, 0.5) is 0 Å². The lowest BCUT2D eigenvalue weighted by atomic mass is 10.0. The molecule has 0 aliphatic heterocycles. The fourth-order valence-corrected chi connectivity index (χ4v) is 4.13. The minimum absolute atomic E-state index is 0.0376. The van der Waals surface area contributed by atoms with Gasteiger partial charge in [-0.2, -0.15) is 10.2 Å². The lowest BCUT2D eigenvalue weighted by Crippen LogP contribution is -2.27. The van der Waals surface area contributed by atoms with Crippen molar-refractivity contribution < 1.29 is 4.79 Å². The van der Waals surface area contributed by atoms with E-state index in [1.54, 1.807) is 9.58 Å². The molecule has 4 aromatic rings. The van der Waals surface area contributed by atoms with Crippen LogP contribution in [0.2, 0.25) is 0 Å². The number of carbonyl (C=O) groups is 1. The summed E-state index contributed by atoms with van der Waals surface area (Å²) in [5.74, 6) is -0.0376. The van der Waals surface area contributed by atoms with Crippen LogP contribution in [0.5, 0.6) is 0 Å². The van der Waals surface area contributed by atoms with E-state index in [-0.39, 0.29) is 5.91 Å². The zero-order valence-electron chi connectivity index (χ0n) is 19.0. The molecule has 7 heteroatoms. The summed E-state index contributed by atoms with van der Waals surface area (Å²) in [5.41, 5.74) is 7.18. The van der Waals surface area contributed by atoms with E-state index in [2.05, 4.69) is 24.0 Å². The summed E-state index contributed by atoms with van der Waals surface area (Å²) in [5, 5.41) is 9.87. The van der Waals surface area contributed by atoms with Gasteiger partial charge < -0.3 is 4.90 Å². The highest BCUT2D eigenvalue weighted by atomic mass is 16.2. The highest BCUT2D eigenvalue weighted by molar-refractivity contribution is 6.07. The van der Waals surface area contributed by atoms with Crippen LogP contribution in [0, 0.1) is 20.8 Å². The average molecular weight is 417 g/mol. The Morgan fingerprint density at radius 3 is 2.48 bits per heavy atom. The summed E-state index contributed by atoms with van der Waals surface area (Å²) in [7, 11) is 3.73. The molecule has 1 aromatic carbocycles. The lowest BCUT2D eigenvalue weighted by molar-refractivity contribution is 0.0786. The fraction of sp³-hybridized carbons (Fsp3) is 0.333. The number of aryl methyl sites for hydroxylation is 4. The molecule has 0 saturated carbocycles. The number of pyridine rings is 1. The molecule has 0 N–H and O–H groups in total. The molecule has 0 fully saturated rings. The number of fused-ring (bicyclic) bond motifs is 1. The van der Waals surface area contributed by atoms with Crippen LogP contribution in [0.1, 0.15) is 39.9 Å². The first-order chi connectivity index (χ1) is 14.8. The lowest BCUT2D eigenvalue weighted by Gasteiger charge is -2.19. The maximum Gasteiger partial charge on any atom is 0.254 e. The molecule has 3 heterocycles. The molecular formula is C24H28N6O. The van der Waals surface area contributed by atoms with Gasteiger partial charge in [-0.15, -0.1) is 0 Å². The Bertz CT molecular complexity index is 1280. The third kappa shape index (κ3) is 3.71. The summed E-state index contributed by atoms with van der Waals surface area (Å²) in [6, 6.07) is 9.67. The van der Waals surface area contributed by atoms with Gasteiger partial charge in [0.1, 0.15) is 0 Å². The van der Waals surface area contributed by atoms with E-state index < -0.39 is 0 Å². The van der Waals surface area contributed by atoms with Crippen LogP contribution in [-0.4, -0.2) is 42.4 Å². The van der Waals surface area contributed by atoms with E-state index >= 15 is 0 Å². The van der Waals surface area contributed by atoms with Gasteiger partial charge in [-0.25, -0.2) is 4.98 Å². The molecule has 31 heavy (non-hydrogen) atoms. The number of hydrogen-bond donors (Lipinski definition) is 0. The molecule has 4 rings (SSSR count). The van der Waals surface area contributed by atoms with E-state index in [1.165, 1.54) is 0 Å². The van der Waals surface area contributed by atoms with Gasteiger partial charge >= 0.3 is 0 Å². The minimum atomic E-state index is -0.0376. The summed E-state index contributed by atoms with van der Waals surface area (Å²) in [4.78, 5) is 20.2. The quantitative estimate of drug-likeness (QED) is 0.492. The average Bonchev–Trinajstić information content (AvgIpc) is 3.24. The number of benzene rings is 1. The van der Waals surface area contributed by atoms with Gasteiger partial charge in [0.15, 0.2) is 0 Å². The molecule has 0 spiro atoms. The van der Waals surface area contributed by atoms with Crippen molar-refractivity contribution >= 4 is 16.8 Å². The van der Waals surface area contributed by atoms with E-state index in [9.17, 15) is 4.79 Å². The number of hydrogen-bond acceptors (Lipinski definition) is 4. The maximum atomic E-state index is 13.6. The van der Waals surface area contributed by atoms with Crippen LogP contribution in [-0.2, 0) is 20.1 Å². The normalized spacial score (nSPS) is 11.3. The van der Waals surface area contributed by atoms with Gasteiger partial charge in [0.25, 0.3) is 5.91 Å². The van der Waals surface area contributed by atoms with Crippen molar-refractivity contribution in [1.29, 1.82) is 0 Å². The van der Waals surface area contributed by atoms with E-state index in [0.29, 0.717) is 12.1 Å². The van der Waals surface area contributed by atoms with Crippen molar-refractivity contribution in [3.63, 3.8) is 0 Å². The molecule has 0 aliphatic carbocycles. The second-order valence-corrected chi connectivity index (χ2v) is 8.00. The molecular weight excluding hydrogens is 388 g/mol. The molecule has 0 atom stereocenters. The smallest absolute Gasteiger partial charge is 0.254 e. The second-order valence-electron chi connectivity index (χ2n) is 8.00. The molecule has 0 unspecified atom stereocenters. The van der Waals surface area contributed by atoms with Gasteiger partial charge in [-0.05, 0) is 39.8 Å². The Balaban J connectivity index is 1.77. The first-order valence-corrected chi connectivity index (χ1v) is 10.5. The molecule has 0 aliphatic rings. The Labute approximate surface area is 182 Å². The van der Waals surface area contributed by atoms with Gasteiger partial charge in [-0.3, -0.25) is 14.2 Å². The monoisotopic (exact) mass is 416 g/mol. The minimum Gasteiger partial charge on any atom is -0.337 e. The Morgan fingerprint density at radius 2 is 1.84 bits per heavy atom.